The van der Waals surface area contributed by atoms with Crippen LogP contribution in [0, 0.1) is 11.3 Å². The minimum absolute atomic E-state index is 0.405. The Morgan fingerprint density at radius 1 is 1.31 bits per heavy atom. The zero-order valence-corrected chi connectivity index (χ0v) is 15.7. The molecular formula is C20H23ClN4O. The smallest absolute Gasteiger partial charge is 0.138 e. The summed E-state index contributed by atoms with van der Waals surface area (Å²) >= 11 is 6.22. The van der Waals surface area contributed by atoms with Gasteiger partial charge in [0.05, 0.1) is 17.2 Å². The molecule has 136 valence electrons. The van der Waals surface area contributed by atoms with Crippen LogP contribution in [0.3, 0.4) is 0 Å². The number of anilines is 1. The second-order valence-electron chi connectivity index (χ2n) is 6.32. The standard InChI is InChI=1S/C20H23ClN4O/c1-2-26-19-11-15(3-5-18(19)21)14-25(17-7-9-23-10-8-17)20-6-4-16(12-22)13-24-20/h3-6,11,13,17,23H,2,7-10,14H2,1H3. The van der Waals surface area contributed by atoms with Crippen molar-refractivity contribution in [1.82, 2.24) is 10.3 Å². The van der Waals surface area contributed by atoms with Crippen LogP contribution in [-0.2, 0) is 6.54 Å². The number of nitriles is 1. The molecule has 0 bridgehead atoms. The van der Waals surface area contributed by atoms with Crippen molar-refractivity contribution < 1.29 is 4.74 Å². The first-order chi connectivity index (χ1) is 12.7. The maximum Gasteiger partial charge on any atom is 0.138 e. The highest BCUT2D eigenvalue weighted by Gasteiger charge is 2.23. The van der Waals surface area contributed by atoms with Crippen LogP contribution < -0.4 is 15.0 Å². The summed E-state index contributed by atoms with van der Waals surface area (Å²) < 4.78 is 5.63. The summed E-state index contributed by atoms with van der Waals surface area (Å²) in [5.74, 6) is 1.61. The van der Waals surface area contributed by atoms with Crippen LogP contribution in [0.4, 0.5) is 5.82 Å². The van der Waals surface area contributed by atoms with E-state index in [0.29, 0.717) is 29.0 Å². The Kier molecular flexibility index (Phi) is 6.32. The van der Waals surface area contributed by atoms with E-state index in [4.69, 9.17) is 21.6 Å². The summed E-state index contributed by atoms with van der Waals surface area (Å²) in [6.07, 6.45) is 3.76. The predicted molar refractivity (Wildman–Crippen MR) is 104 cm³/mol. The number of hydrogen-bond donors (Lipinski definition) is 1. The lowest BCUT2D eigenvalue weighted by Crippen LogP contribution is -2.43. The Labute approximate surface area is 159 Å². The molecule has 0 unspecified atom stereocenters. The highest BCUT2D eigenvalue weighted by Crippen LogP contribution is 2.28. The molecule has 1 saturated heterocycles. The van der Waals surface area contributed by atoms with Crippen LogP contribution in [0.15, 0.2) is 36.5 Å². The number of piperidine rings is 1. The van der Waals surface area contributed by atoms with Gasteiger partial charge in [-0.1, -0.05) is 17.7 Å². The summed E-state index contributed by atoms with van der Waals surface area (Å²) in [5, 5.41) is 13.1. The SMILES string of the molecule is CCOc1cc(CN(c2ccc(C#N)cn2)C2CCNCC2)ccc1Cl. The number of benzene rings is 1. The lowest BCUT2D eigenvalue weighted by Gasteiger charge is -2.35. The second kappa shape index (κ2) is 8.88. The van der Waals surface area contributed by atoms with E-state index in [2.05, 4.69) is 21.3 Å². The summed E-state index contributed by atoms with van der Waals surface area (Å²) in [4.78, 5) is 6.84. The molecule has 0 amide bonds. The van der Waals surface area contributed by atoms with Crippen molar-refractivity contribution in [1.29, 1.82) is 5.26 Å². The molecule has 0 aliphatic carbocycles. The summed E-state index contributed by atoms with van der Waals surface area (Å²) in [7, 11) is 0. The first-order valence-corrected chi connectivity index (χ1v) is 9.33. The molecule has 1 aliphatic rings. The van der Waals surface area contributed by atoms with E-state index in [0.717, 1.165) is 43.9 Å². The predicted octanol–water partition coefficient (Wildman–Crippen LogP) is 3.76. The average molecular weight is 371 g/mol. The first-order valence-electron chi connectivity index (χ1n) is 8.96. The van der Waals surface area contributed by atoms with E-state index in [1.165, 1.54) is 0 Å². The third-order valence-corrected chi connectivity index (χ3v) is 4.88. The van der Waals surface area contributed by atoms with Gasteiger partial charge >= 0.3 is 0 Å². The molecule has 1 N–H and O–H groups in total. The summed E-state index contributed by atoms with van der Waals surface area (Å²) in [6.45, 7) is 5.26. The van der Waals surface area contributed by atoms with Gasteiger partial charge in [-0.2, -0.15) is 5.26 Å². The molecule has 0 atom stereocenters. The van der Waals surface area contributed by atoms with Gasteiger partial charge in [-0.3, -0.25) is 0 Å². The topological polar surface area (TPSA) is 61.2 Å². The Bertz CT molecular complexity index is 766. The minimum Gasteiger partial charge on any atom is -0.492 e. The van der Waals surface area contributed by atoms with E-state index in [1.54, 1.807) is 6.20 Å². The second-order valence-corrected chi connectivity index (χ2v) is 6.73. The summed E-state index contributed by atoms with van der Waals surface area (Å²) in [5.41, 5.74) is 1.70. The number of aromatic nitrogens is 1. The van der Waals surface area contributed by atoms with Crippen LogP contribution in [0.2, 0.25) is 5.02 Å². The van der Waals surface area contributed by atoms with E-state index in [9.17, 15) is 0 Å². The normalized spacial score (nSPS) is 14.7. The molecule has 2 aromatic rings. The number of hydrogen-bond acceptors (Lipinski definition) is 5. The average Bonchev–Trinajstić information content (AvgIpc) is 2.69. The van der Waals surface area contributed by atoms with E-state index >= 15 is 0 Å². The quantitative estimate of drug-likeness (QED) is 0.838. The molecule has 0 spiro atoms. The Morgan fingerprint density at radius 2 is 2.12 bits per heavy atom. The number of nitrogens with one attached hydrogen (secondary N) is 1. The molecule has 5 nitrogen and oxygen atoms in total. The zero-order chi connectivity index (χ0) is 18.4. The minimum atomic E-state index is 0.405. The zero-order valence-electron chi connectivity index (χ0n) is 14.9. The van der Waals surface area contributed by atoms with Crippen molar-refractivity contribution in [2.24, 2.45) is 0 Å². The van der Waals surface area contributed by atoms with Crippen molar-refractivity contribution >= 4 is 17.4 Å². The largest absolute Gasteiger partial charge is 0.492 e. The van der Waals surface area contributed by atoms with E-state index in [-0.39, 0.29) is 0 Å². The molecule has 2 heterocycles. The van der Waals surface area contributed by atoms with E-state index in [1.807, 2.05) is 37.3 Å². The number of nitrogens with zero attached hydrogens (tertiary/aromatic N) is 3. The van der Waals surface area contributed by atoms with Crippen molar-refractivity contribution in [3.63, 3.8) is 0 Å². The maximum absolute atomic E-state index is 9.02. The van der Waals surface area contributed by atoms with E-state index < -0.39 is 0 Å². The highest BCUT2D eigenvalue weighted by molar-refractivity contribution is 6.32. The van der Waals surface area contributed by atoms with Crippen molar-refractivity contribution in [2.75, 3.05) is 24.6 Å². The Hall–Kier alpha value is -2.29. The molecule has 6 heteroatoms. The molecule has 1 fully saturated rings. The molecule has 1 aromatic carbocycles. The van der Waals surface area contributed by atoms with Gasteiger partial charge < -0.3 is 15.0 Å². The van der Waals surface area contributed by atoms with Gasteiger partial charge in [0.15, 0.2) is 0 Å². The van der Waals surface area contributed by atoms with Gasteiger partial charge in [-0.15, -0.1) is 0 Å². The maximum atomic E-state index is 9.02. The fourth-order valence-corrected chi connectivity index (χ4v) is 3.42. The van der Waals surface area contributed by atoms with Gasteiger partial charge in [0.1, 0.15) is 17.6 Å². The van der Waals surface area contributed by atoms with Crippen LogP contribution in [0.5, 0.6) is 5.75 Å². The van der Waals surface area contributed by atoms with Crippen LogP contribution >= 0.6 is 11.6 Å². The number of rotatable bonds is 6. The lowest BCUT2D eigenvalue weighted by molar-refractivity contribution is 0.340. The highest BCUT2D eigenvalue weighted by atomic mass is 35.5. The molecule has 3 rings (SSSR count). The fraction of sp³-hybridized carbons (Fsp3) is 0.400. The van der Waals surface area contributed by atoms with Crippen molar-refractivity contribution in [2.45, 2.75) is 32.4 Å². The number of halogens is 1. The van der Waals surface area contributed by atoms with Gasteiger partial charge in [-0.25, -0.2) is 4.98 Å². The van der Waals surface area contributed by atoms with Crippen LogP contribution in [-0.4, -0.2) is 30.7 Å². The fourth-order valence-electron chi connectivity index (χ4n) is 3.25. The molecule has 1 aromatic heterocycles. The van der Waals surface area contributed by atoms with Crippen LogP contribution in [0.25, 0.3) is 0 Å². The molecule has 0 saturated carbocycles. The molecule has 1 aliphatic heterocycles. The van der Waals surface area contributed by atoms with Crippen molar-refractivity contribution in [3.05, 3.63) is 52.7 Å². The molecule has 26 heavy (non-hydrogen) atoms. The number of ether oxygens (including phenoxy) is 1. The van der Waals surface area contributed by atoms with Crippen molar-refractivity contribution in [3.8, 4) is 11.8 Å². The molecular weight excluding hydrogens is 348 g/mol. The first kappa shape index (κ1) is 18.5. The Balaban J connectivity index is 1.87. The Morgan fingerprint density at radius 3 is 2.77 bits per heavy atom. The third-order valence-electron chi connectivity index (χ3n) is 4.57. The molecule has 0 radical (unpaired) electrons. The van der Waals surface area contributed by atoms with Gasteiger partial charge in [-0.05, 0) is 62.7 Å². The van der Waals surface area contributed by atoms with Gasteiger partial charge in [0, 0.05) is 18.8 Å². The van der Waals surface area contributed by atoms with Crippen LogP contribution in [0.1, 0.15) is 30.9 Å². The summed E-state index contributed by atoms with van der Waals surface area (Å²) in [6, 6.07) is 12.2. The van der Waals surface area contributed by atoms with Gasteiger partial charge in [0.25, 0.3) is 0 Å². The number of pyridine rings is 1. The monoisotopic (exact) mass is 370 g/mol. The third kappa shape index (κ3) is 4.46. The van der Waals surface area contributed by atoms with Gasteiger partial charge in [0.2, 0.25) is 0 Å². The lowest BCUT2D eigenvalue weighted by atomic mass is 10.0.